The van der Waals surface area contributed by atoms with E-state index in [2.05, 4.69) is 0 Å². The molecule has 1 aromatic rings. The standard InChI is InChI=1S/C13H15FO2/c1-12(2)8-13(12,11(15)16-3)9-5-4-6-10(14)7-9/h4-7H,8H2,1-3H3. The summed E-state index contributed by atoms with van der Waals surface area (Å²) < 4.78 is 18.0. The molecule has 1 saturated carbocycles. The molecule has 0 spiro atoms. The molecule has 0 saturated heterocycles. The molecule has 1 unspecified atom stereocenters. The Kier molecular flexibility index (Phi) is 2.30. The minimum absolute atomic E-state index is 0.159. The van der Waals surface area contributed by atoms with Gasteiger partial charge in [0.15, 0.2) is 0 Å². The van der Waals surface area contributed by atoms with Crippen LogP contribution in [0.1, 0.15) is 25.8 Å². The molecular formula is C13H15FO2. The molecule has 1 atom stereocenters. The average Bonchev–Trinajstić information content (AvgIpc) is 2.82. The van der Waals surface area contributed by atoms with E-state index in [0.29, 0.717) is 12.0 Å². The summed E-state index contributed by atoms with van der Waals surface area (Å²) in [5.41, 5.74) is -0.109. The number of rotatable bonds is 2. The van der Waals surface area contributed by atoms with Crippen LogP contribution in [0.25, 0.3) is 0 Å². The van der Waals surface area contributed by atoms with E-state index in [9.17, 15) is 9.18 Å². The Labute approximate surface area is 94.4 Å². The number of carbonyl (C=O) groups is 1. The number of benzene rings is 1. The highest BCUT2D eigenvalue weighted by atomic mass is 19.1. The number of halogens is 1. The van der Waals surface area contributed by atoms with E-state index in [1.165, 1.54) is 19.2 Å². The predicted octanol–water partition coefficient (Wildman–Crippen LogP) is 2.67. The molecular weight excluding hydrogens is 207 g/mol. The zero-order chi connectivity index (χ0) is 12.0. The minimum atomic E-state index is -0.663. The van der Waals surface area contributed by atoms with Crippen LogP contribution in [0.5, 0.6) is 0 Å². The third kappa shape index (κ3) is 1.34. The second-order valence-electron chi connectivity index (χ2n) is 4.97. The quantitative estimate of drug-likeness (QED) is 0.719. The largest absolute Gasteiger partial charge is 0.468 e. The first-order valence-electron chi connectivity index (χ1n) is 5.28. The van der Waals surface area contributed by atoms with Crippen LogP contribution in [0.2, 0.25) is 0 Å². The predicted molar refractivity (Wildman–Crippen MR) is 58.5 cm³/mol. The maximum atomic E-state index is 13.2. The van der Waals surface area contributed by atoms with E-state index in [0.717, 1.165) is 0 Å². The van der Waals surface area contributed by atoms with Crippen molar-refractivity contribution in [3.8, 4) is 0 Å². The van der Waals surface area contributed by atoms with Crippen molar-refractivity contribution in [2.24, 2.45) is 5.41 Å². The van der Waals surface area contributed by atoms with Crippen LogP contribution in [0.3, 0.4) is 0 Å². The van der Waals surface area contributed by atoms with Crippen molar-refractivity contribution < 1.29 is 13.9 Å². The lowest BCUT2D eigenvalue weighted by atomic mass is 9.88. The van der Waals surface area contributed by atoms with Crippen molar-refractivity contribution in [1.82, 2.24) is 0 Å². The summed E-state index contributed by atoms with van der Waals surface area (Å²) in [6, 6.07) is 6.22. The van der Waals surface area contributed by atoms with Gasteiger partial charge >= 0.3 is 5.97 Å². The SMILES string of the molecule is COC(=O)C1(c2cccc(F)c2)CC1(C)C. The van der Waals surface area contributed by atoms with Gasteiger partial charge in [-0.05, 0) is 29.5 Å². The van der Waals surface area contributed by atoms with Gasteiger partial charge in [0.2, 0.25) is 0 Å². The van der Waals surface area contributed by atoms with Crippen molar-refractivity contribution in [1.29, 1.82) is 0 Å². The van der Waals surface area contributed by atoms with Gasteiger partial charge in [0, 0.05) is 0 Å². The summed E-state index contributed by atoms with van der Waals surface area (Å²) >= 11 is 0. The molecule has 1 aliphatic carbocycles. The zero-order valence-electron chi connectivity index (χ0n) is 9.71. The van der Waals surface area contributed by atoms with Gasteiger partial charge in [-0.2, -0.15) is 0 Å². The van der Waals surface area contributed by atoms with E-state index in [-0.39, 0.29) is 17.2 Å². The first-order chi connectivity index (χ1) is 7.44. The molecule has 1 fully saturated rings. The summed E-state index contributed by atoms with van der Waals surface area (Å²) in [6.07, 6.45) is 0.704. The number of methoxy groups -OCH3 is 1. The van der Waals surface area contributed by atoms with Gasteiger partial charge < -0.3 is 4.74 Å². The number of carbonyl (C=O) groups excluding carboxylic acids is 1. The summed E-state index contributed by atoms with van der Waals surface area (Å²) in [5, 5.41) is 0. The monoisotopic (exact) mass is 222 g/mol. The van der Waals surface area contributed by atoms with Crippen LogP contribution in [0.15, 0.2) is 24.3 Å². The second kappa shape index (κ2) is 3.30. The molecule has 0 N–H and O–H groups in total. The molecule has 0 radical (unpaired) electrons. The van der Waals surface area contributed by atoms with Gasteiger partial charge in [0.05, 0.1) is 12.5 Å². The van der Waals surface area contributed by atoms with Crippen LogP contribution in [0, 0.1) is 11.2 Å². The van der Waals surface area contributed by atoms with Crippen LogP contribution >= 0.6 is 0 Å². The van der Waals surface area contributed by atoms with Gasteiger partial charge in [0.1, 0.15) is 5.82 Å². The molecule has 0 heterocycles. The van der Waals surface area contributed by atoms with Gasteiger partial charge in [-0.25, -0.2) is 4.39 Å². The van der Waals surface area contributed by atoms with E-state index >= 15 is 0 Å². The molecule has 0 bridgehead atoms. The van der Waals surface area contributed by atoms with Crippen LogP contribution in [0.4, 0.5) is 4.39 Å². The van der Waals surface area contributed by atoms with Crippen LogP contribution < -0.4 is 0 Å². The van der Waals surface area contributed by atoms with Crippen molar-refractivity contribution in [2.45, 2.75) is 25.7 Å². The van der Waals surface area contributed by atoms with Crippen LogP contribution in [-0.2, 0) is 14.9 Å². The summed E-state index contributed by atoms with van der Waals surface area (Å²) in [7, 11) is 1.37. The Balaban J connectivity index is 2.48. The molecule has 0 aromatic heterocycles. The third-order valence-electron chi connectivity index (χ3n) is 3.59. The molecule has 3 heteroatoms. The van der Waals surface area contributed by atoms with E-state index in [1.807, 2.05) is 13.8 Å². The number of esters is 1. The van der Waals surface area contributed by atoms with Gasteiger partial charge in [-0.1, -0.05) is 26.0 Å². The topological polar surface area (TPSA) is 26.3 Å². The minimum Gasteiger partial charge on any atom is -0.468 e. The lowest BCUT2D eigenvalue weighted by Gasteiger charge is -2.18. The van der Waals surface area contributed by atoms with Crippen molar-refractivity contribution >= 4 is 5.97 Å². The lowest BCUT2D eigenvalue weighted by molar-refractivity contribution is -0.144. The van der Waals surface area contributed by atoms with Gasteiger partial charge in [0.25, 0.3) is 0 Å². The molecule has 2 nitrogen and oxygen atoms in total. The Morgan fingerprint density at radius 2 is 2.06 bits per heavy atom. The normalized spacial score (nSPS) is 26.2. The Morgan fingerprint density at radius 3 is 2.50 bits per heavy atom. The zero-order valence-corrected chi connectivity index (χ0v) is 9.71. The molecule has 1 aliphatic rings. The summed E-state index contributed by atoms with van der Waals surface area (Å²) in [4.78, 5) is 11.9. The highest BCUT2D eigenvalue weighted by molar-refractivity contribution is 5.88. The van der Waals surface area contributed by atoms with E-state index in [4.69, 9.17) is 4.74 Å². The van der Waals surface area contributed by atoms with Crippen molar-refractivity contribution in [2.75, 3.05) is 7.11 Å². The van der Waals surface area contributed by atoms with E-state index < -0.39 is 5.41 Å². The highest BCUT2D eigenvalue weighted by Gasteiger charge is 2.68. The third-order valence-corrected chi connectivity index (χ3v) is 3.59. The molecule has 0 aliphatic heterocycles. The second-order valence-corrected chi connectivity index (χ2v) is 4.97. The fraction of sp³-hybridized carbons (Fsp3) is 0.462. The molecule has 16 heavy (non-hydrogen) atoms. The Morgan fingerprint density at radius 1 is 1.44 bits per heavy atom. The maximum Gasteiger partial charge on any atom is 0.316 e. The van der Waals surface area contributed by atoms with Crippen molar-refractivity contribution in [3.05, 3.63) is 35.6 Å². The lowest BCUT2D eigenvalue weighted by Crippen LogP contribution is -2.27. The molecule has 86 valence electrons. The number of hydrogen-bond donors (Lipinski definition) is 0. The van der Waals surface area contributed by atoms with Crippen LogP contribution in [-0.4, -0.2) is 13.1 Å². The van der Waals surface area contributed by atoms with E-state index in [1.54, 1.807) is 12.1 Å². The van der Waals surface area contributed by atoms with Gasteiger partial charge in [-0.3, -0.25) is 4.79 Å². The number of hydrogen-bond acceptors (Lipinski definition) is 2. The fourth-order valence-electron chi connectivity index (χ4n) is 2.51. The highest BCUT2D eigenvalue weighted by Crippen LogP contribution is 2.64. The fourth-order valence-corrected chi connectivity index (χ4v) is 2.51. The van der Waals surface area contributed by atoms with Crippen molar-refractivity contribution in [3.63, 3.8) is 0 Å². The Hall–Kier alpha value is -1.38. The maximum absolute atomic E-state index is 13.2. The Bertz CT molecular complexity index is 439. The molecule has 1 aromatic carbocycles. The average molecular weight is 222 g/mol. The molecule has 0 amide bonds. The first kappa shape index (κ1) is 11.1. The summed E-state index contributed by atoms with van der Waals surface area (Å²) in [6.45, 7) is 3.99. The van der Waals surface area contributed by atoms with Gasteiger partial charge in [-0.15, -0.1) is 0 Å². The molecule has 2 rings (SSSR count). The smallest absolute Gasteiger partial charge is 0.316 e. The summed E-state index contributed by atoms with van der Waals surface area (Å²) in [5.74, 6) is -0.591. The first-order valence-corrected chi connectivity index (χ1v) is 5.28. The number of ether oxygens (including phenoxy) is 1.